The van der Waals surface area contributed by atoms with Crippen LogP contribution < -0.4 is 0 Å². The monoisotopic (exact) mass is 339 g/mol. The van der Waals surface area contributed by atoms with Gasteiger partial charge in [0, 0.05) is 36.5 Å². The molecule has 1 aliphatic heterocycles. The summed E-state index contributed by atoms with van der Waals surface area (Å²) in [6.07, 6.45) is 5.22. The Bertz CT molecular complexity index is 803. The molecule has 4 rings (SSSR count). The predicted molar refractivity (Wildman–Crippen MR) is 92.6 cm³/mol. The van der Waals surface area contributed by atoms with Crippen LogP contribution in [0.1, 0.15) is 48.7 Å². The molecule has 0 spiro atoms. The number of benzene rings is 1. The molecule has 1 aliphatic carbocycles. The molecule has 1 saturated carbocycles. The van der Waals surface area contributed by atoms with Gasteiger partial charge in [-0.15, -0.1) is 0 Å². The van der Waals surface area contributed by atoms with Gasteiger partial charge in [0.25, 0.3) is 0 Å². The van der Waals surface area contributed by atoms with Crippen LogP contribution in [0.25, 0.3) is 0 Å². The van der Waals surface area contributed by atoms with Crippen LogP contribution in [0.3, 0.4) is 0 Å². The van der Waals surface area contributed by atoms with E-state index in [1.54, 1.807) is 18.3 Å². The summed E-state index contributed by atoms with van der Waals surface area (Å²) in [7, 11) is 0. The predicted octanol–water partition coefficient (Wildman–Crippen LogP) is 3.36. The van der Waals surface area contributed by atoms with Crippen LogP contribution in [0, 0.1) is 12.7 Å². The van der Waals surface area contributed by atoms with Gasteiger partial charge in [0.1, 0.15) is 11.6 Å². The molecule has 1 aromatic heterocycles. The number of carbonyl (C=O) groups is 1. The van der Waals surface area contributed by atoms with Crippen molar-refractivity contribution in [3.05, 3.63) is 59.4 Å². The topological polar surface area (TPSA) is 46.1 Å². The van der Waals surface area contributed by atoms with Gasteiger partial charge in [-0.25, -0.2) is 14.4 Å². The summed E-state index contributed by atoms with van der Waals surface area (Å²) < 4.78 is 14.3. The minimum Gasteiger partial charge on any atom is -0.341 e. The van der Waals surface area contributed by atoms with Gasteiger partial charge in [0.05, 0.1) is 5.41 Å². The van der Waals surface area contributed by atoms with Crippen LogP contribution in [0.2, 0.25) is 0 Å². The lowest BCUT2D eigenvalue weighted by Gasteiger charge is -2.35. The molecule has 0 radical (unpaired) electrons. The van der Waals surface area contributed by atoms with Crippen LogP contribution >= 0.6 is 0 Å². The van der Waals surface area contributed by atoms with Crippen LogP contribution in [0.5, 0.6) is 0 Å². The van der Waals surface area contributed by atoms with Crippen LogP contribution in [0.15, 0.2) is 36.5 Å². The van der Waals surface area contributed by atoms with Gasteiger partial charge in [-0.1, -0.05) is 18.2 Å². The first kappa shape index (κ1) is 16.2. The molecular weight excluding hydrogens is 317 g/mol. The summed E-state index contributed by atoms with van der Waals surface area (Å²) in [6, 6.07) is 8.64. The van der Waals surface area contributed by atoms with Crippen molar-refractivity contribution in [2.75, 3.05) is 13.1 Å². The number of nitrogens with zero attached hydrogens (tertiary/aromatic N) is 3. The van der Waals surface area contributed by atoms with Gasteiger partial charge in [0.15, 0.2) is 0 Å². The number of carbonyl (C=O) groups excluding carboxylic acids is 1. The lowest BCUT2D eigenvalue weighted by molar-refractivity contribution is -0.135. The van der Waals surface area contributed by atoms with Crippen molar-refractivity contribution in [3.8, 4) is 0 Å². The number of piperidine rings is 1. The van der Waals surface area contributed by atoms with Crippen molar-refractivity contribution in [2.45, 2.75) is 43.9 Å². The third-order valence-corrected chi connectivity index (χ3v) is 5.47. The highest BCUT2D eigenvalue weighted by atomic mass is 19.1. The fourth-order valence-electron chi connectivity index (χ4n) is 3.98. The Morgan fingerprint density at radius 1 is 1.28 bits per heavy atom. The van der Waals surface area contributed by atoms with Gasteiger partial charge in [0.2, 0.25) is 5.91 Å². The minimum atomic E-state index is -0.644. The molecule has 2 fully saturated rings. The molecule has 0 unspecified atom stereocenters. The average Bonchev–Trinajstić information content (AvgIpc) is 3.43. The van der Waals surface area contributed by atoms with Crippen molar-refractivity contribution in [2.24, 2.45) is 0 Å². The Morgan fingerprint density at radius 3 is 2.80 bits per heavy atom. The number of aryl methyl sites for hydroxylation is 1. The molecule has 2 heterocycles. The van der Waals surface area contributed by atoms with Crippen LogP contribution in [-0.2, 0) is 10.2 Å². The Hall–Kier alpha value is -2.30. The molecule has 1 aromatic carbocycles. The third kappa shape index (κ3) is 2.92. The first-order valence-electron chi connectivity index (χ1n) is 8.94. The Balaban J connectivity index is 1.56. The molecule has 130 valence electrons. The number of amides is 1. The normalized spacial score (nSPS) is 21.8. The van der Waals surface area contributed by atoms with E-state index in [9.17, 15) is 9.18 Å². The standard InChI is InChI=1S/C20H22FN3O/c1-14-22-11-8-18(23-14)15-5-4-12-24(13-15)19(25)20(9-10-20)16-6-2-3-7-17(16)21/h2-3,6-8,11,15H,4-5,9-10,12-13H2,1H3/t15-/m0/s1. The fraction of sp³-hybridized carbons (Fsp3) is 0.450. The molecule has 0 N–H and O–H groups in total. The number of hydrogen-bond donors (Lipinski definition) is 0. The maximum Gasteiger partial charge on any atom is 0.233 e. The van der Waals surface area contributed by atoms with Crippen molar-refractivity contribution < 1.29 is 9.18 Å². The highest BCUT2D eigenvalue weighted by Crippen LogP contribution is 2.51. The summed E-state index contributed by atoms with van der Waals surface area (Å²) >= 11 is 0. The largest absolute Gasteiger partial charge is 0.341 e. The van der Waals surface area contributed by atoms with Gasteiger partial charge >= 0.3 is 0 Å². The lowest BCUT2D eigenvalue weighted by Crippen LogP contribution is -2.45. The number of likely N-dealkylation sites (tertiary alicyclic amines) is 1. The summed E-state index contributed by atoms with van der Waals surface area (Å²) in [5.74, 6) is 0.795. The van der Waals surface area contributed by atoms with Gasteiger partial charge < -0.3 is 4.90 Å². The summed E-state index contributed by atoms with van der Waals surface area (Å²) in [4.78, 5) is 23.8. The first-order chi connectivity index (χ1) is 12.1. The Labute approximate surface area is 147 Å². The molecule has 5 heteroatoms. The van der Waals surface area contributed by atoms with Crippen molar-refractivity contribution in [1.82, 2.24) is 14.9 Å². The van der Waals surface area contributed by atoms with E-state index in [4.69, 9.17) is 0 Å². The minimum absolute atomic E-state index is 0.0769. The van der Waals surface area contributed by atoms with E-state index in [1.807, 2.05) is 24.0 Å². The van der Waals surface area contributed by atoms with E-state index < -0.39 is 5.41 Å². The zero-order chi connectivity index (χ0) is 17.4. The lowest BCUT2D eigenvalue weighted by atomic mass is 9.90. The van der Waals surface area contributed by atoms with E-state index in [2.05, 4.69) is 9.97 Å². The van der Waals surface area contributed by atoms with Crippen molar-refractivity contribution in [1.29, 1.82) is 0 Å². The molecule has 4 nitrogen and oxygen atoms in total. The van der Waals surface area contributed by atoms with E-state index in [1.165, 1.54) is 6.07 Å². The van der Waals surface area contributed by atoms with E-state index in [-0.39, 0.29) is 17.6 Å². The SMILES string of the molecule is Cc1nccc([C@H]2CCCN(C(=O)C3(c4ccccc4F)CC3)C2)n1. The highest BCUT2D eigenvalue weighted by Gasteiger charge is 2.54. The average molecular weight is 339 g/mol. The van der Waals surface area contributed by atoms with E-state index >= 15 is 0 Å². The molecule has 1 amide bonds. The molecule has 1 atom stereocenters. The zero-order valence-corrected chi connectivity index (χ0v) is 14.4. The third-order valence-electron chi connectivity index (χ3n) is 5.47. The van der Waals surface area contributed by atoms with E-state index in [0.717, 1.165) is 43.7 Å². The van der Waals surface area contributed by atoms with Crippen molar-refractivity contribution in [3.63, 3.8) is 0 Å². The van der Waals surface area contributed by atoms with Gasteiger partial charge in [-0.2, -0.15) is 0 Å². The second-order valence-corrected chi connectivity index (χ2v) is 7.18. The smallest absolute Gasteiger partial charge is 0.233 e. The highest BCUT2D eigenvalue weighted by molar-refractivity contribution is 5.91. The maximum absolute atomic E-state index is 14.3. The maximum atomic E-state index is 14.3. The van der Waals surface area contributed by atoms with Crippen LogP contribution in [-0.4, -0.2) is 33.9 Å². The second-order valence-electron chi connectivity index (χ2n) is 7.18. The number of hydrogen-bond acceptors (Lipinski definition) is 3. The Kier molecular flexibility index (Phi) is 4.02. The van der Waals surface area contributed by atoms with E-state index in [0.29, 0.717) is 12.1 Å². The quantitative estimate of drug-likeness (QED) is 0.861. The number of aromatic nitrogens is 2. The molecule has 2 aromatic rings. The first-order valence-corrected chi connectivity index (χ1v) is 8.94. The molecule has 25 heavy (non-hydrogen) atoms. The van der Waals surface area contributed by atoms with Crippen LogP contribution in [0.4, 0.5) is 4.39 Å². The summed E-state index contributed by atoms with van der Waals surface area (Å²) in [5.41, 5.74) is 0.912. The molecule has 1 saturated heterocycles. The fourth-order valence-corrected chi connectivity index (χ4v) is 3.98. The zero-order valence-electron chi connectivity index (χ0n) is 14.4. The van der Waals surface area contributed by atoms with Gasteiger partial charge in [-0.05, 0) is 44.7 Å². The molecule has 0 bridgehead atoms. The molecular formula is C20H22FN3O. The summed E-state index contributed by atoms with van der Waals surface area (Å²) in [5, 5.41) is 0. The second kappa shape index (κ2) is 6.21. The Morgan fingerprint density at radius 2 is 2.08 bits per heavy atom. The summed E-state index contributed by atoms with van der Waals surface area (Å²) in [6.45, 7) is 3.29. The molecule has 2 aliphatic rings. The van der Waals surface area contributed by atoms with Gasteiger partial charge in [-0.3, -0.25) is 4.79 Å². The van der Waals surface area contributed by atoms with Crippen molar-refractivity contribution >= 4 is 5.91 Å². The number of halogens is 1. The number of rotatable bonds is 3.